The summed E-state index contributed by atoms with van der Waals surface area (Å²) in [7, 11) is 0. The van der Waals surface area contributed by atoms with Crippen LogP contribution in [0.2, 0.25) is 0 Å². The van der Waals surface area contributed by atoms with Gasteiger partial charge in [-0.2, -0.15) is 0 Å². The topological polar surface area (TPSA) is 67.8 Å². The molecule has 1 aliphatic rings. The van der Waals surface area contributed by atoms with Gasteiger partial charge < -0.3 is 19.9 Å². The van der Waals surface area contributed by atoms with E-state index in [4.69, 9.17) is 9.47 Å². The minimum Gasteiger partial charge on any atom is -0.507 e. The molecule has 0 aromatic heterocycles. The Hall–Kier alpha value is -2.69. The number of phenols is 1. The van der Waals surface area contributed by atoms with Gasteiger partial charge in [0.2, 0.25) is 6.79 Å². The van der Waals surface area contributed by atoms with E-state index in [2.05, 4.69) is 5.32 Å². The number of aromatic hydroxyl groups is 1. The van der Waals surface area contributed by atoms with Crippen LogP contribution in [0.3, 0.4) is 0 Å². The minimum atomic E-state index is -0.315. The van der Waals surface area contributed by atoms with Crippen molar-refractivity contribution in [3.8, 4) is 17.2 Å². The maximum Gasteiger partial charge on any atom is 0.255 e. The van der Waals surface area contributed by atoms with Crippen molar-refractivity contribution in [3.05, 3.63) is 53.1 Å². The molecule has 0 bridgehead atoms. The Balaban J connectivity index is 1.68. The Morgan fingerprint density at radius 3 is 2.81 bits per heavy atom. The molecule has 2 N–H and O–H groups in total. The number of amides is 1. The fraction of sp³-hybridized carbons (Fsp3) is 0.188. The fourth-order valence-corrected chi connectivity index (χ4v) is 2.16. The van der Waals surface area contributed by atoms with E-state index < -0.39 is 0 Å². The van der Waals surface area contributed by atoms with E-state index in [1.54, 1.807) is 18.2 Å². The molecule has 5 heteroatoms. The second kappa shape index (κ2) is 5.36. The van der Waals surface area contributed by atoms with Crippen molar-refractivity contribution in [2.24, 2.45) is 0 Å². The smallest absolute Gasteiger partial charge is 0.255 e. The molecule has 0 saturated heterocycles. The number of ether oxygens (including phenoxy) is 2. The SMILES string of the molecule is Cc1ccc(C(=O)NCc2ccc3c(c2)OCO3)c(O)c1. The standard InChI is InChI=1S/C16H15NO4/c1-10-2-4-12(13(18)6-10)16(19)17-8-11-3-5-14-15(7-11)21-9-20-14/h2-7,18H,8-9H2,1H3,(H,17,19). The molecule has 2 aromatic carbocycles. The molecule has 0 fully saturated rings. The number of fused-ring (bicyclic) bond motifs is 1. The van der Waals surface area contributed by atoms with Gasteiger partial charge in [-0.05, 0) is 42.3 Å². The number of benzene rings is 2. The molecule has 1 aliphatic heterocycles. The first kappa shape index (κ1) is 13.3. The molecular weight excluding hydrogens is 270 g/mol. The van der Waals surface area contributed by atoms with Gasteiger partial charge in [-0.25, -0.2) is 0 Å². The summed E-state index contributed by atoms with van der Waals surface area (Å²) in [4.78, 5) is 12.1. The Morgan fingerprint density at radius 1 is 1.19 bits per heavy atom. The Morgan fingerprint density at radius 2 is 2.00 bits per heavy atom. The molecule has 3 rings (SSSR count). The van der Waals surface area contributed by atoms with E-state index in [0.29, 0.717) is 18.0 Å². The fourth-order valence-electron chi connectivity index (χ4n) is 2.16. The normalized spacial score (nSPS) is 12.2. The van der Waals surface area contributed by atoms with Crippen LogP contribution in [0.25, 0.3) is 0 Å². The third-order valence-corrected chi connectivity index (χ3v) is 3.29. The van der Waals surface area contributed by atoms with Crippen molar-refractivity contribution in [2.75, 3.05) is 6.79 Å². The molecule has 1 amide bonds. The summed E-state index contributed by atoms with van der Waals surface area (Å²) in [5, 5.41) is 12.6. The zero-order chi connectivity index (χ0) is 14.8. The van der Waals surface area contributed by atoms with Gasteiger partial charge in [0, 0.05) is 6.54 Å². The van der Waals surface area contributed by atoms with Gasteiger partial charge in [-0.1, -0.05) is 12.1 Å². The van der Waals surface area contributed by atoms with E-state index in [-0.39, 0.29) is 24.0 Å². The van der Waals surface area contributed by atoms with Gasteiger partial charge in [-0.3, -0.25) is 4.79 Å². The number of hydrogen-bond acceptors (Lipinski definition) is 4. The maximum atomic E-state index is 12.1. The van der Waals surface area contributed by atoms with E-state index in [0.717, 1.165) is 11.1 Å². The summed E-state index contributed by atoms with van der Waals surface area (Å²) in [6.07, 6.45) is 0. The number of phenolic OH excluding ortho intramolecular Hbond substituents is 1. The van der Waals surface area contributed by atoms with Crippen molar-refractivity contribution in [2.45, 2.75) is 13.5 Å². The van der Waals surface area contributed by atoms with E-state index in [1.807, 2.05) is 25.1 Å². The zero-order valence-electron chi connectivity index (χ0n) is 11.6. The van der Waals surface area contributed by atoms with Crippen LogP contribution in [-0.4, -0.2) is 17.8 Å². The Labute approximate surface area is 122 Å². The van der Waals surface area contributed by atoms with Crippen LogP contribution in [0.1, 0.15) is 21.5 Å². The molecule has 0 saturated carbocycles. The predicted octanol–water partition coefficient (Wildman–Crippen LogP) is 2.36. The number of aryl methyl sites for hydroxylation is 1. The summed E-state index contributed by atoms with van der Waals surface area (Å²) in [6.45, 7) is 2.43. The van der Waals surface area contributed by atoms with E-state index in [1.165, 1.54) is 0 Å². The molecule has 0 unspecified atom stereocenters. The lowest BCUT2D eigenvalue weighted by Gasteiger charge is -2.08. The third kappa shape index (κ3) is 2.76. The van der Waals surface area contributed by atoms with Crippen LogP contribution in [0.15, 0.2) is 36.4 Å². The number of nitrogens with one attached hydrogen (secondary N) is 1. The summed E-state index contributed by atoms with van der Waals surface area (Å²) in [5.74, 6) is 1.06. The quantitative estimate of drug-likeness (QED) is 0.908. The maximum absolute atomic E-state index is 12.1. The zero-order valence-corrected chi connectivity index (χ0v) is 11.6. The lowest BCUT2D eigenvalue weighted by atomic mass is 10.1. The van der Waals surface area contributed by atoms with Crippen molar-refractivity contribution in [1.29, 1.82) is 0 Å². The van der Waals surface area contributed by atoms with Crippen LogP contribution in [0, 0.1) is 6.92 Å². The monoisotopic (exact) mass is 285 g/mol. The number of hydrogen-bond donors (Lipinski definition) is 2. The average molecular weight is 285 g/mol. The highest BCUT2D eigenvalue weighted by molar-refractivity contribution is 5.96. The second-order valence-electron chi connectivity index (χ2n) is 4.89. The average Bonchev–Trinajstić information content (AvgIpc) is 2.92. The lowest BCUT2D eigenvalue weighted by Crippen LogP contribution is -2.22. The molecule has 2 aromatic rings. The summed E-state index contributed by atoms with van der Waals surface area (Å²) < 4.78 is 10.5. The van der Waals surface area contributed by atoms with Gasteiger partial charge >= 0.3 is 0 Å². The molecule has 108 valence electrons. The highest BCUT2D eigenvalue weighted by Gasteiger charge is 2.14. The lowest BCUT2D eigenvalue weighted by molar-refractivity contribution is 0.0948. The molecule has 1 heterocycles. The Kier molecular flexibility index (Phi) is 3.39. The van der Waals surface area contributed by atoms with Crippen LogP contribution in [0.4, 0.5) is 0 Å². The predicted molar refractivity (Wildman–Crippen MR) is 76.6 cm³/mol. The van der Waals surface area contributed by atoms with Gasteiger partial charge in [-0.15, -0.1) is 0 Å². The molecule has 5 nitrogen and oxygen atoms in total. The van der Waals surface area contributed by atoms with Gasteiger partial charge in [0.1, 0.15) is 5.75 Å². The van der Waals surface area contributed by atoms with Crippen molar-refractivity contribution in [3.63, 3.8) is 0 Å². The van der Waals surface area contributed by atoms with Crippen molar-refractivity contribution < 1.29 is 19.4 Å². The summed E-state index contributed by atoms with van der Waals surface area (Å²) in [6, 6.07) is 10.5. The van der Waals surface area contributed by atoms with Gasteiger partial charge in [0.25, 0.3) is 5.91 Å². The van der Waals surface area contributed by atoms with Gasteiger partial charge in [0.15, 0.2) is 11.5 Å². The molecule has 0 radical (unpaired) electrons. The Bertz CT molecular complexity index is 697. The number of carbonyl (C=O) groups is 1. The molecule has 0 atom stereocenters. The highest BCUT2D eigenvalue weighted by atomic mass is 16.7. The molecule has 0 aliphatic carbocycles. The van der Waals surface area contributed by atoms with E-state index in [9.17, 15) is 9.90 Å². The largest absolute Gasteiger partial charge is 0.507 e. The number of carbonyl (C=O) groups excluding carboxylic acids is 1. The van der Waals surface area contributed by atoms with E-state index >= 15 is 0 Å². The van der Waals surface area contributed by atoms with Crippen LogP contribution in [-0.2, 0) is 6.54 Å². The van der Waals surface area contributed by atoms with Crippen molar-refractivity contribution in [1.82, 2.24) is 5.32 Å². The molecule has 21 heavy (non-hydrogen) atoms. The van der Waals surface area contributed by atoms with Crippen molar-refractivity contribution >= 4 is 5.91 Å². The number of rotatable bonds is 3. The van der Waals surface area contributed by atoms with Crippen LogP contribution in [0.5, 0.6) is 17.2 Å². The molecule has 0 spiro atoms. The first-order valence-corrected chi connectivity index (χ1v) is 6.60. The second-order valence-corrected chi connectivity index (χ2v) is 4.89. The minimum absolute atomic E-state index is 0.0156. The third-order valence-electron chi connectivity index (χ3n) is 3.29. The highest BCUT2D eigenvalue weighted by Crippen LogP contribution is 2.32. The summed E-state index contributed by atoms with van der Waals surface area (Å²) in [5.41, 5.74) is 2.07. The first-order valence-electron chi connectivity index (χ1n) is 6.60. The van der Waals surface area contributed by atoms with Gasteiger partial charge in [0.05, 0.1) is 5.56 Å². The van der Waals surface area contributed by atoms with Crippen LogP contribution >= 0.6 is 0 Å². The molecular formula is C16H15NO4. The first-order chi connectivity index (χ1) is 10.1. The summed E-state index contributed by atoms with van der Waals surface area (Å²) >= 11 is 0. The van der Waals surface area contributed by atoms with Crippen LogP contribution < -0.4 is 14.8 Å².